The van der Waals surface area contributed by atoms with Gasteiger partial charge in [0.2, 0.25) is 5.88 Å². The summed E-state index contributed by atoms with van der Waals surface area (Å²) in [5.74, 6) is -0.659. The van der Waals surface area contributed by atoms with Crippen LogP contribution >= 0.6 is 0 Å². The molecule has 2 amide bonds. The lowest BCUT2D eigenvalue weighted by Crippen LogP contribution is -2.42. The largest absolute Gasteiger partial charge is 0.435 e. The van der Waals surface area contributed by atoms with Crippen LogP contribution < -0.4 is 10.6 Å². The van der Waals surface area contributed by atoms with Gasteiger partial charge in [-0.2, -0.15) is 0 Å². The minimum Gasteiger partial charge on any atom is -0.435 e. The highest BCUT2D eigenvalue weighted by Gasteiger charge is 2.16. The maximum absolute atomic E-state index is 12.2. The van der Waals surface area contributed by atoms with Crippen molar-refractivity contribution >= 4 is 23.4 Å². The van der Waals surface area contributed by atoms with E-state index < -0.39 is 10.8 Å². The van der Waals surface area contributed by atoms with E-state index in [4.69, 9.17) is 4.42 Å². The number of benzene rings is 1. The van der Waals surface area contributed by atoms with Crippen molar-refractivity contribution in [2.75, 3.05) is 18.4 Å². The molecule has 1 aromatic carbocycles. The van der Waals surface area contributed by atoms with Crippen LogP contribution in [0, 0.1) is 10.1 Å². The fourth-order valence-corrected chi connectivity index (χ4v) is 2.94. The number of amides is 2. The van der Waals surface area contributed by atoms with Gasteiger partial charge in [0.15, 0.2) is 5.76 Å². The first-order valence-electron chi connectivity index (χ1n) is 9.38. The van der Waals surface area contributed by atoms with Crippen molar-refractivity contribution < 1.29 is 18.9 Å². The normalized spacial score (nSPS) is 11.1. The second-order valence-electron chi connectivity index (χ2n) is 7.10. The fraction of sp³-hybridized carbons (Fsp3) is 0.400. The first-order valence-corrected chi connectivity index (χ1v) is 9.38. The van der Waals surface area contributed by atoms with Crippen LogP contribution in [0.1, 0.15) is 48.6 Å². The zero-order valence-electron chi connectivity index (χ0n) is 17.0. The van der Waals surface area contributed by atoms with E-state index in [0.29, 0.717) is 25.2 Å². The van der Waals surface area contributed by atoms with E-state index in [1.807, 2.05) is 0 Å². The molecule has 0 aliphatic carbocycles. The second-order valence-corrected chi connectivity index (χ2v) is 7.10. The summed E-state index contributed by atoms with van der Waals surface area (Å²) in [6.07, 6.45) is 0. The second kappa shape index (κ2) is 9.83. The molecular formula is C20H26N4O5. The van der Waals surface area contributed by atoms with Crippen LogP contribution in [0.3, 0.4) is 0 Å². The predicted molar refractivity (Wildman–Crippen MR) is 109 cm³/mol. The SMILES string of the molecule is CC(C)N(CCNC(=O)c1ccc(NC(=O)c2ccc([N+](=O)[O-])cc2)o1)C(C)C. The van der Waals surface area contributed by atoms with Crippen molar-refractivity contribution in [1.82, 2.24) is 10.2 Å². The maximum Gasteiger partial charge on any atom is 0.287 e. The van der Waals surface area contributed by atoms with E-state index in [1.54, 1.807) is 0 Å². The zero-order valence-corrected chi connectivity index (χ0v) is 17.0. The van der Waals surface area contributed by atoms with Gasteiger partial charge >= 0.3 is 0 Å². The van der Waals surface area contributed by atoms with Crippen LogP contribution in [0.5, 0.6) is 0 Å². The Morgan fingerprint density at radius 2 is 1.66 bits per heavy atom. The number of carbonyl (C=O) groups excluding carboxylic acids is 2. The Balaban J connectivity index is 1.90. The van der Waals surface area contributed by atoms with Gasteiger partial charge < -0.3 is 9.73 Å². The fourth-order valence-electron chi connectivity index (χ4n) is 2.94. The van der Waals surface area contributed by atoms with Crippen molar-refractivity contribution in [3.05, 3.63) is 57.8 Å². The third kappa shape index (κ3) is 6.15. The molecule has 0 spiro atoms. The van der Waals surface area contributed by atoms with E-state index in [-0.39, 0.29) is 28.8 Å². The summed E-state index contributed by atoms with van der Waals surface area (Å²) in [5, 5.41) is 16.0. The molecular weight excluding hydrogens is 376 g/mol. The van der Waals surface area contributed by atoms with Gasteiger partial charge in [-0.25, -0.2) is 0 Å². The number of furan rings is 1. The Morgan fingerprint density at radius 1 is 1.03 bits per heavy atom. The smallest absolute Gasteiger partial charge is 0.287 e. The Labute approximate surface area is 169 Å². The van der Waals surface area contributed by atoms with Crippen molar-refractivity contribution in [3.63, 3.8) is 0 Å². The van der Waals surface area contributed by atoms with Crippen LogP contribution in [0.2, 0.25) is 0 Å². The molecule has 156 valence electrons. The summed E-state index contributed by atoms with van der Waals surface area (Å²) < 4.78 is 5.39. The van der Waals surface area contributed by atoms with Crippen molar-refractivity contribution in [2.45, 2.75) is 39.8 Å². The molecule has 0 unspecified atom stereocenters. The summed E-state index contributed by atoms with van der Waals surface area (Å²) in [6, 6.07) is 8.88. The minimum absolute atomic E-state index is 0.0876. The first-order chi connectivity index (χ1) is 13.7. The van der Waals surface area contributed by atoms with Gasteiger partial charge in [-0.05, 0) is 45.9 Å². The summed E-state index contributed by atoms with van der Waals surface area (Å²) in [7, 11) is 0. The average molecular weight is 402 g/mol. The molecule has 1 aromatic heterocycles. The number of carbonyl (C=O) groups is 2. The molecule has 0 fully saturated rings. The molecule has 9 heteroatoms. The van der Waals surface area contributed by atoms with Crippen molar-refractivity contribution in [2.24, 2.45) is 0 Å². The molecule has 2 rings (SSSR count). The number of nitro benzene ring substituents is 1. The van der Waals surface area contributed by atoms with Crippen molar-refractivity contribution in [3.8, 4) is 0 Å². The molecule has 1 heterocycles. The molecule has 0 saturated carbocycles. The highest BCUT2D eigenvalue weighted by atomic mass is 16.6. The third-order valence-electron chi connectivity index (χ3n) is 4.39. The van der Waals surface area contributed by atoms with Gasteiger partial charge in [-0.15, -0.1) is 0 Å². The minimum atomic E-state index is -0.541. The third-order valence-corrected chi connectivity index (χ3v) is 4.39. The quantitative estimate of drug-likeness (QED) is 0.491. The van der Waals surface area contributed by atoms with Gasteiger partial charge in [0, 0.05) is 48.9 Å². The van der Waals surface area contributed by atoms with Gasteiger partial charge in [-0.3, -0.25) is 29.9 Å². The number of nitrogens with zero attached hydrogens (tertiary/aromatic N) is 2. The molecule has 9 nitrogen and oxygen atoms in total. The number of rotatable bonds is 9. The lowest BCUT2D eigenvalue weighted by molar-refractivity contribution is -0.384. The number of anilines is 1. The zero-order chi connectivity index (χ0) is 21.6. The monoisotopic (exact) mass is 402 g/mol. The van der Waals surface area contributed by atoms with E-state index in [0.717, 1.165) is 0 Å². The molecule has 0 aliphatic rings. The average Bonchev–Trinajstić information content (AvgIpc) is 3.13. The Bertz CT molecular complexity index is 850. The Morgan fingerprint density at radius 3 is 2.21 bits per heavy atom. The van der Waals surface area contributed by atoms with Crippen LogP contribution in [0.25, 0.3) is 0 Å². The maximum atomic E-state index is 12.2. The molecule has 0 atom stereocenters. The highest BCUT2D eigenvalue weighted by molar-refractivity contribution is 6.04. The van der Waals surface area contributed by atoms with Gasteiger partial charge in [0.05, 0.1) is 4.92 Å². The number of hydrogen-bond donors (Lipinski definition) is 2. The molecule has 0 aliphatic heterocycles. The van der Waals surface area contributed by atoms with Crippen LogP contribution in [0.4, 0.5) is 11.6 Å². The van der Waals surface area contributed by atoms with Crippen LogP contribution in [-0.2, 0) is 0 Å². The lowest BCUT2D eigenvalue weighted by atomic mass is 10.2. The van der Waals surface area contributed by atoms with E-state index in [9.17, 15) is 19.7 Å². The van der Waals surface area contributed by atoms with Crippen LogP contribution in [0.15, 0.2) is 40.8 Å². The summed E-state index contributed by atoms with van der Waals surface area (Å²) >= 11 is 0. The summed E-state index contributed by atoms with van der Waals surface area (Å²) in [5.41, 5.74) is 0.132. The predicted octanol–water partition coefficient (Wildman–Crippen LogP) is 3.29. The highest BCUT2D eigenvalue weighted by Crippen LogP contribution is 2.16. The molecule has 0 saturated heterocycles. The molecule has 0 radical (unpaired) electrons. The van der Waals surface area contributed by atoms with E-state index >= 15 is 0 Å². The van der Waals surface area contributed by atoms with Gasteiger partial charge in [-0.1, -0.05) is 0 Å². The Hall–Kier alpha value is -3.20. The molecule has 0 bridgehead atoms. The van der Waals surface area contributed by atoms with Crippen LogP contribution in [-0.4, -0.2) is 46.8 Å². The van der Waals surface area contributed by atoms with E-state index in [2.05, 4.69) is 43.2 Å². The molecule has 2 N–H and O–H groups in total. The van der Waals surface area contributed by atoms with E-state index in [1.165, 1.54) is 36.4 Å². The Kier molecular flexibility index (Phi) is 7.49. The molecule has 29 heavy (non-hydrogen) atoms. The number of hydrogen-bond acceptors (Lipinski definition) is 6. The summed E-state index contributed by atoms with van der Waals surface area (Å²) in [6.45, 7) is 9.61. The number of nitro groups is 1. The number of non-ortho nitro benzene ring substituents is 1. The summed E-state index contributed by atoms with van der Waals surface area (Å²) in [4.78, 5) is 36.8. The lowest BCUT2D eigenvalue weighted by Gasteiger charge is -2.30. The van der Waals surface area contributed by atoms with Gasteiger partial charge in [0.25, 0.3) is 17.5 Å². The standard InChI is InChI=1S/C20H26N4O5/c1-13(2)23(14(3)4)12-11-21-20(26)17-9-10-18(29-17)22-19(25)15-5-7-16(8-6-15)24(27)28/h5-10,13-14H,11-12H2,1-4H3,(H,21,26)(H,22,25). The first kappa shape index (κ1) is 22.1. The topological polar surface area (TPSA) is 118 Å². The van der Waals surface area contributed by atoms with Crippen molar-refractivity contribution in [1.29, 1.82) is 0 Å². The van der Waals surface area contributed by atoms with Gasteiger partial charge in [0.1, 0.15) is 0 Å². The molecule has 2 aromatic rings. The number of nitrogens with one attached hydrogen (secondary N) is 2.